The highest BCUT2D eigenvalue weighted by Crippen LogP contribution is 2.53. The van der Waals surface area contributed by atoms with Crippen LogP contribution in [-0.4, -0.2) is 32.9 Å². The summed E-state index contributed by atoms with van der Waals surface area (Å²) in [4.78, 5) is 31.0. The summed E-state index contributed by atoms with van der Waals surface area (Å²) in [5.41, 5.74) is 0. The van der Waals surface area contributed by atoms with Crippen LogP contribution in [0.4, 0.5) is 0 Å². The van der Waals surface area contributed by atoms with E-state index in [1.165, 1.54) is 0 Å². The Morgan fingerprint density at radius 2 is 0.850 bits per heavy atom. The van der Waals surface area contributed by atoms with E-state index >= 15 is 0 Å². The molecule has 0 atom stereocenters. The van der Waals surface area contributed by atoms with Gasteiger partial charge in [0, 0.05) is 11.2 Å². The molecule has 0 rings (SSSR count). The van der Waals surface area contributed by atoms with Gasteiger partial charge in [-0.1, -0.05) is 0 Å². The van der Waals surface area contributed by atoms with E-state index in [0.29, 0.717) is 0 Å². The lowest BCUT2D eigenvalue weighted by Crippen LogP contribution is -1.86. The van der Waals surface area contributed by atoms with Crippen LogP contribution in [0, 0.1) is 0 Å². The highest BCUT2D eigenvalue weighted by Gasteiger charge is 2.27. The molecule has 0 spiro atoms. The number of rotatable bonds is 2. The lowest BCUT2D eigenvalue weighted by molar-refractivity contribution is 0.225. The van der Waals surface area contributed by atoms with Gasteiger partial charge in [0.1, 0.15) is 0 Å². The van der Waals surface area contributed by atoms with Crippen LogP contribution in [0.3, 0.4) is 0 Å². The fraction of sp³-hybridized carbons (Fsp3) is 0. The highest BCUT2D eigenvalue weighted by atomic mass is 32.9. The summed E-state index contributed by atoms with van der Waals surface area (Å²) in [6, 6.07) is 0. The van der Waals surface area contributed by atoms with E-state index in [9.17, 15) is 9.13 Å². The zero-order valence-corrected chi connectivity index (χ0v) is 13.7. The van der Waals surface area contributed by atoms with E-state index < -0.39 is 24.7 Å². The van der Waals surface area contributed by atoms with Gasteiger partial charge in [0.25, 0.3) is 9.05 Å². The van der Waals surface area contributed by atoms with Crippen molar-refractivity contribution in [1.29, 1.82) is 0 Å². The van der Waals surface area contributed by atoms with E-state index in [2.05, 4.69) is 15.5 Å². The van der Waals surface area contributed by atoms with Crippen LogP contribution in [0.2, 0.25) is 0 Å². The van der Waals surface area contributed by atoms with E-state index in [4.69, 9.17) is 32.9 Å². The minimum Gasteiger partial charge on any atom is -0.344 e. The summed E-state index contributed by atoms with van der Waals surface area (Å²) in [5, 5.41) is 0. The Bertz CT molecular complexity index is 328. The molecule has 0 aliphatic rings. The fourth-order valence-corrected chi connectivity index (χ4v) is 1.25. The third-order valence-electron chi connectivity index (χ3n) is 0.213. The molecule has 20 heavy (non-hydrogen) atoms. The van der Waals surface area contributed by atoms with Crippen molar-refractivity contribution < 1.29 is 46.3 Å². The molecule has 0 unspecified atom stereocenters. The van der Waals surface area contributed by atoms with Crippen LogP contribution < -0.4 is 36.9 Å². The summed E-state index contributed by atoms with van der Waals surface area (Å²) in [7, 11) is -13.9. The number of hydrogen-bond acceptors (Lipinski definition) is 11. The van der Waals surface area contributed by atoms with Crippen LogP contribution in [0.5, 0.6) is 0 Å². The van der Waals surface area contributed by atoms with Gasteiger partial charge < -0.3 is 56.5 Å². The van der Waals surface area contributed by atoms with Crippen molar-refractivity contribution in [3.8, 4) is 0 Å². The molecule has 0 saturated heterocycles. The average Bonchev–Trinajstić information content (AvgIpc) is 1.42. The van der Waals surface area contributed by atoms with Crippen molar-refractivity contribution in [2.24, 2.45) is 0 Å². The molecule has 0 fully saturated rings. The molecule has 0 aromatic rings. The molecule has 0 saturated carbocycles. The zero-order chi connectivity index (χ0) is 12.2. The van der Waals surface area contributed by atoms with Crippen molar-refractivity contribution in [3.63, 3.8) is 0 Å². The molecule has 0 aromatic carbocycles. The first-order chi connectivity index (χ1) is 5.71. The summed E-state index contributed by atoms with van der Waals surface area (Å²) < 4.78 is 46.2. The lowest BCUT2D eigenvalue weighted by Gasteiger charge is -2.03. The van der Waals surface area contributed by atoms with Gasteiger partial charge in [-0.2, -0.15) is 8.52 Å². The molecule has 24 N–H and O–H groups in total. The van der Waals surface area contributed by atoms with Crippen LogP contribution >= 0.6 is 15.6 Å². The quantitative estimate of drug-likeness (QED) is 0.270. The molecule has 0 aromatic heterocycles. The highest BCUT2D eigenvalue weighted by molar-refractivity contribution is 8.26. The predicted octanol–water partition coefficient (Wildman–Crippen LogP) is -0.161. The lowest BCUT2D eigenvalue weighted by atomic mass is 14.0. The van der Waals surface area contributed by atoms with Gasteiger partial charge in [-0.25, -0.2) is 9.13 Å². The first-order valence-corrected chi connectivity index (χ1v) is 7.69. The van der Waals surface area contributed by atoms with Gasteiger partial charge in [0.2, 0.25) is 0 Å². The summed E-state index contributed by atoms with van der Waals surface area (Å²) in [5.74, 6) is 0. The molecule has 16 nitrogen and oxygen atoms in total. The van der Waals surface area contributed by atoms with Gasteiger partial charge in [-0.05, 0) is 0 Å². The Kier molecular flexibility index (Phi) is 43.4. The van der Waals surface area contributed by atoms with Gasteiger partial charge >= 0.3 is 15.6 Å². The molecular weight excluding hydrogens is 370 g/mol. The van der Waals surface area contributed by atoms with Gasteiger partial charge in [-0.15, -0.1) is 0 Å². The van der Waals surface area contributed by atoms with Gasteiger partial charge in [-0.3, -0.25) is 9.11 Å². The molecule has 0 amide bonds. The molecule has 136 valence electrons. The van der Waals surface area contributed by atoms with Crippen molar-refractivity contribution in [1.82, 2.24) is 36.9 Å². The first-order valence-electron chi connectivity index (χ1n) is 2.23. The second kappa shape index (κ2) is 17.4. The smallest absolute Gasteiger partial charge is 0.344 e. The van der Waals surface area contributed by atoms with Crippen LogP contribution in [-0.2, 0) is 33.7 Å². The minimum atomic E-state index is -5.05. The number of phosphoric acid groups is 2. The minimum absolute atomic E-state index is 0. The van der Waals surface area contributed by atoms with E-state index in [1.807, 2.05) is 0 Å². The topological polar surface area (TPSA) is 392 Å². The van der Waals surface area contributed by atoms with E-state index in [1.54, 1.807) is 0 Å². The second-order valence-corrected chi connectivity index (χ2v) is 6.32. The molecule has 20 heteroatoms. The maximum atomic E-state index is 9.63. The van der Waals surface area contributed by atoms with Crippen LogP contribution in [0.1, 0.15) is 0 Å². The third-order valence-corrected chi connectivity index (χ3v) is 1.91. The first kappa shape index (κ1) is 50.0. The molecular formula is H24N6O10P2S2. The average molecular weight is 394 g/mol. The van der Waals surface area contributed by atoms with E-state index in [0.717, 1.165) is 0 Å². The van der Waals surface area contributed by atoms with Crippen molar-refractivity contribution in [3.05, 3.63) is 0 Å². The summed E-state index contributed by atoms with van der Waals surface area (Å²) >= 11 is 3.47. The van der Waals surface area contributed by atoms with Crippen molar-refractivity contribution >= 4 is 35.9 Å². The molecule has 0 radical (unpaired) electrons. The predicted molar refractivity (Wildman–Crippen MR) is 76.1 cm³/mol. The summed E-state index contributed by atoms with van der Waals surface area (Å²) in [6.45, 7) is 0. The molecule has 0 heterocycles. The van der Waals surface area contributed by atoms with Gasteiger partial charge in [0.05, 0.1) is 0 Å². The molecule has 0 aliphatic heterocycles. The monoisotopic (exact) mass is 394 g/mol. The van der Waals surface area contributed by atoms with Crippen molar-refractivity contribution in [2.75, 3.05) is 0 Å². The van der Waals surface area contributed by atoms with Gasteiger partial charge in [0.15, 0.2) is 0 Å². The zero-order valence-electron chi connectivity index (χ0n) is 10.3. The van der Waals surface area contributed by atoms with Crippen molar-refractivity contribution in [2.45, 2.75) is 0 Å². The summed E-state index contributed by atoms with van der Waals surface area (Å²) in [6.07, 6.45) is 0. The van der Waals surface area contributed by atoms with Crippen LogP contribution in [0.25, 0.3) is 0 Å². The standard InChI is InChI=1S/6H3N.H4O7P2.H2O3S2/c;;;;;;1-8(2,3)7-9(4,5)6;1-5(2,3)4/h6*1H3;(H2,1,2,3)(H2,4,5,6);(H2,1,2,3,4). The second-order valence-electron chi connectivity index (χ2n) is 1.51. The SMILES string of the molecule is N.N.N.N.N.N.O=P(O)(O)OP(=O)(O)O.O=S(O)(O)=S. The maximum absolute atomic E-state index is 9.63. The van der Waals surface area contributed by atoms with Crippen LogP contribution in [0.15, 0.2) is 0 Å². The third kappa shape index (κ3) is 138. The Morgan fingerprint density at radius 1 is 0.750 bits per heavy atom. The Balaban J connectivity index is -0.0000000199. The molecule has 0 bridgehead atoms. The molecule has 0 aliphatic carbocycles. The Labute approximate surface area is 120 Å². The number of hydrogen-bond donors (Lipinski definition) is 12. The largest absolute Gasteiger partial charge is 0.478 e. The van der Waals surface area contributed by atoms with E-state index in [-0.39, 0.29) is 36.9 Å². The Morgan fingerprint density at radius 3 is 0.850 bits per heavy atom. The fourth-order valence-electron chi connectivity index (χ4n) is 0.139. The normalized spacial score (nSPS) is 9.10. The Hall–Kier alpha value is 0.310. The maximum Gasteiger partial charge on any atom is 0.478 e.